The van der Waals surface area contributed by atoms with Crippen molar-refractivity contribution in [2.75, 3.05) is 11.6 Å². The van der Waals surface area contributed by atoms with Crippen LogP contribution in [-0.2, 0) is 9.84 Å². The minimum absolute atomic E-state index is 0.0688. The van der Waals surface area contributed by atoms with Gasteiger partial charge in [-0.05, 0) is 24.3 Å². The molecule has 1 heterocycles. The number of hydrogen-bond acceptors (Lipinski definition) is 5. The van der Waals surface area contributed by atoms with Crippen LogP contribution in [0.15, 0.2) is 52.7 Å². The molecule has 0 fully saturated rings. The summed E-state index contributed by atoms with van der Waals surface area (Å²) in [4.78, 5) is 16.7. The Morgan fingerprint density at radius 1 is 1.12 bits per heavy atom. The van der Waals surface area contributed by atoms with E-state index in [9.17, 15) is 13.2 Å². The molecular formula is C17H12Cl2N2O3S2. The van der Waals surface area contributed by atoms with Crippen molar-refractivity contribution in [2.24, 2.45) is 0 Å². The van der Waals surface area contributed by atoms with E-state index >= 15 is 0 Å². The summed E-state index contributed by atoms with van der Waals surface area (Å²) in [7, 11) is -3.54. The van der Waals surface area contributed by atoms with Crippen LogP contribution in [0.4, 0.5) is 5.13 Å². The fraction of sp³-hybridized carbons (Fsp3) is 0.0588. The number of thiazole rings is 1. The van der Waals surface area contributed by atoms with Gasteiger partial charge in [0.05, 0.1) is 15.6 Å². The number of carbonyl (C=O) groups is 1. The molecule has 0 saturated carbocycles. The zero-order valence-electron chi connectivity index (χ0n) is 13.4. The molecule has 3 aromatic rings. The van der Waals surface area contributed by atoms with Crippen molar-refractivity contribution >= 4 is 55.4 Å². The standard InChI is InChI=1S/C17H12Cl2N2O3S2/c1-26(23,24)15-8-10(6-7-13(15)19)16(22)21-17-20-14(9-25-17)11-4-2-3-5-12(11)18/h2-9H,1H3,(H,20,21,22). The second kappa shape index (κ2) is 7.36. The maximum atomic E-state index is 12.4. The maximum absolute atomic E-state index is 12.4. The number of halogens is 2. The summed E-state index contributed by atoms with van der Waals surface area (Å²) in [6.45, 7) is 0. The lowest BCUT2D eigenvalue weighted by atomic mass is 10.2. The highest BCUT2D eigenvalue weighted by Crippen LogP contribution is 2.30. The SMILES string of the molecule is CS(=O)(=O)c1cc(C(=O)Nc2nc(-c3ccccc3Cl)cs2)ccc1Cl. The van der Waals surface area contributed by atoms with Crippen molar-refractivity contribution < 1.29 is 13.2 Å². The normalized spacial score (nSPS) is 11.3. The van der Waals surface area contributed by atoms with E-state index in [1.54, 1.807) is 11.4 Å². The number of carbonyl (C=O) groups excluding carboxylic acids is 1. The van der Waals surface area contributed by atoms with Crippen LogP contribution in [0, 0.1) is 0 Å². The Bertz CT molecular complexity index is 1090. The number of benzene rings is 2. The van der Waals surface area contributed by atoms with Gasteiger partial charge in [-0.25, -0.2) is 13.4 Å². The predicted molar refractivity (Wildman–Crippen MR) is 105 cm³/mol. The molecule has 1 N–H and O–H groups in total. The second-order valence-corrected chi connectivity index (χ2v) is 9.05. The number of nitrogens with zero attached hydrogens (tertiary/aromatic N) is 1. The van der Waals surface area contributed by atoms with Crippen LogP contribution in [0.1, 0.15) is 10.4 Å². The number of sulfone groups is 1. The molecule has 0 spiro atoms. The highest BCUT2D eigenvalue weighted by atomic mass is 35.5. The topological polar surface area (TPSA) is 76.1 Å². The first-order chi connectivity index (χ1) is 12.3. The lowest BCUT2D eigenvalue weighted by Gasteiger charge is -2.06. The average Bonchev–Trinajstić information content (AvgIpc) is 3.02. The van der Waals surface area contributed by atoms with E-state index in [-0.39, 0.29) is 15.5 Å². The first kappa shape index (κ1) is 18.8. The van der Waals surface area contributed by atoms with Crippen molar-refractivity contribution in [3.8, 4) is 11.3 Å². The van der Waals surface area contributed by atoms with Gasteiger partial charge >= 0.3 is 0 Å². The molecule has 1 amide bonds. The van der Waals surface area contributed by atoms with Crippen LogP contribution < -0.4 is 5.32 Å². The summed E-state index contributed by atoms with van der Waals surface area (Å²) in [6.07, 6.45) is 1.03. The summed E-state index contributed by atoms with van der Waals surface area (Å²) in [5.74, 6) is -0.480. The number of rotatable bonds is 4. The van der Waals surface area contributed by atoms with Gasteiger partial charge in [0, 0.05) is 27.8 Å². The summed E-state index contributed by atoms with van der Waals surface area (Å²) in [5, 5.41) is 5.44. The molecule has 0 aliphatic carbocycles. The monoisotopic (exact) mass is 426 g/mol. The van der Waals surface area contributed by atoms with Gasteiger partial charge in [0.2, 0.25) is 0 Å². The molecule has 0 aliphatic rings. The van der Waals surface area contributed by atoms with Crippen molar-refractivity contribution in [2.45, 2.75) is 4.90 Å². The van der Waals surface area contributed by atoms with Crippen LogP contribution in [0.3, 0.4) is 0 Å². The van der Waals surface area contributed by atoms with E-state index in [0.29, 0.717) is 15.8 Å². The van der Waals surface area contributed by atoms with Crippen molar-refractivity contribution in [1.82, 2.24) is 4.98 Å². The molecule has 0 aliphatic heterocycles. The quantitative estimate of drug-likeness (QED) is 0.651. The van der Waals surface area contributed by atoms with Crippen molar-refractivity contribution in [3.63, 3.8) is 0 Å². The summed E-state index contributed by atoms with van der Waals surface area (Å²) < 4.78 is 23.5. The maximum Gasteiger partial charge on any atom is 0.257 e. The molecule has 9 heteroatoms. The van der Waals surface area contributed by atoms with Gasteiger partial charge in [-0.1, -0.05) is 41.4 Å². The number of amides is 1. The van der Waals surface area contributed by atoms with Crippen LogP contribution in [0.5, 0.6) is 0 Å². The van der Waals surface area contributed by atoms with E-state index in [4.69, 9.17) is 23.2 Å². The fourth-order valence-corrected chi connectivity index (χ4v) is 4.46. The van der Waals surface area contributed by atoms with Gasteiger partial charge in [0.25, 0.3) is 5.91 Å². The van der Waals surface area contributed by atoms with Crippen molar-refractivity contribution in [1.29, 1.82) is 0 Å². The predicted octanol–water partition coefficient (Wildman–Crippen LogP) is 4.77. The van der Waals surface area contributed by atoms with Gasteiger partial charge in [-0.15, -0.1) is 11.3 Å². The van der Waals surface area contributed by atoms with Gasteiger partial charge < -0.3 is 0 Å². The molecule has 0 bridgehead atoms. The number of aromatic nitrogens is 1. The smallest absolute Gasteiger partial charge is 0.257 e. The molecule has 3 rings (SSSR count). The summed E-state index contributed by atoms with van der Waals surface area (Å²) in [5.41, 5.74) is 1.57. The molecule has 0 unspecified atom stereocenters. The fourth-order valence-electron chi connectivity index (χ4n) is 2.22. The highest BCUT2D eigenvalue weighted by molar-refractivity contribution is 7.90. The molecule has 26 heavy (non-hydrogen) atoms. The Labute approximate surface area is 164 Å². The van der Waals surface area contributed by atoms with Gasteiger partial charge in [0.15, 0.2) is 15.0 Å². The molecule has 0 saturated heterocycles. The summed E-state index contributed by atoms with van der Waals surface area (Å²) >= 11 is 13.3. The minimum Gasteiger partial charge on any atom is -0.298 e. The van der Waals surface area contributed by atoms with E-state index in [2.05, 4.69) is 10.3 Å². The van der Waals surface area contributed by atoms with E-state index < -0.39 is 15.7 Å². The molecule has 5 nitrogen and oxygen atoms in total. The largest absolute Gasteiger partial charge is 0.298 e. The van der Waals surface area contributed by atoms with Gasteiger partial charge in [0.1, 0.15) is 0 Å². The third-order valence-corrected chi connectivity index (χ3v) is 6.13. The zero-order valence-corrected chi connectivity index (χ0v) is 16.5. The molecule has 1 aromatic heterocycles. The molecule has 2 aromatic carbocycles. The summed E-state index contributed by atoms with van der Waals surface area (Å²) in [6, 6.07) is 11.3. The first-order valence-electron chi connectivity index (χ1n) is 7.27. The third-order valence-electron chi connectivity index (χ3n) is 3.47. The second-order valence-electron chi connectivity index (χ2n) is 5.39. The Kier molecular flexibility index (Phi) is 5.34. The minimum atomic E-state index is -3.54. The number of hydrogen-bond donors (Lipinski definition) is 1. The molecule has 0 radical (unpaired) electrons. The lowest BCUT2D eigenvalue weighted by molar-refractivity contribution is 0.102. The van der Waals surface area contributed by atoms with Gasteiger partial charge in [-0.3, -0.25) is 10.1 Å². The van der Waals surface area contributed by atoms with Crippen LogP contribution in [0.25, 0.3) is 11.3 Å². The van der Waals surface area contributed by atoms with Gasteiger partial charge in [-0.2, -0.15) is 0 Å². The molecule has 134 valence electrons. The van der Waals surface area contributed by atoms with Crippen molar-refractivity contribution in [3.05, 3.63) is 63.5 Å². The van der Waals surface area contributed by atoms with Crippen LogP contribution in [0.2, 0.25) is 10.0 Å². The third kappa shape index (κ3) is 4.07. The zero-order chi connectivity index (χ0) is 18.9. The Balaban J connectivity index is 1.85. The number of nitrogens with one attached hydrogen (secondary N) is 1. The average molecular weight is 427 g/mol. The molecular weight excluding hydrogens is 415 g/mol. The number of anilines is 1. The van der Waals surface area contributed by atoms with E-state index in [1.165, 1.54) is 29.5 Å². The lowest BCUT2D eigenvalue weighted by Crippen LogP contribution is -2.12. The Hall–Kier alpha value is -1.93. The Morgan fingerprint density at radius 3 is 2.54 bits per heavy atom. The van der Waals surface area contributed by atoms with Crippen LogP contribution in [-0.4, -0.2) is 25.6 Å². The highest BCUT2D eigenvalue weighted by Gasteiger charge is 2.17. The van der Waals surface area contributed by atoms with E-state index in [1.807, 2.05) is 18.2 Å². The Morgan fingerprint density at radius 2 is 1.85 bits per heavy atom. The molecule has 0 atom stereocenters. The van der Waals surface area contributed by atoms with E-state index in [0.717, 1.165) is 11.8 Å². The van der Waals surface area contributed by atoms with Crippen LogP contribution >= 0.6 is 34.5 Å². The first-order valence-corrected chi connectivity index (χ1v) is 10.8.